The first-order chi connectivity index (χ1) is 8.35. The van der Waals surface area contributed by atoms with E-state index in [-0.39, 0.29) is 0 Å². The summed E-state index contributed by atoms with van der Waals surface area (Å²) < 4.78 is 0. The Bertz CT molecular complexity index is 485. The lowest BCUT2D eigenvalue weighted by atomic mass is 10.5. The molecule has 0 aliphatic rings. The first kappa shape index (κ1) is 12.1. The summed E-state index contributed by atoms with van der Waals surface area (Å²) in [6.45, 7) is 0. The maximum Gasteiger partial charge on any atom is 0.145 e. The lowest BCUT2D eigenvalue weighted by Crippen LogP contribution is -1.96. The van der Waals surface area contributed by atoms with E-state index in [1.165, 1.54) is 34.4 Å². The Morgan fingerprint density at radius 2 is 1.47 bits per heavy atom. The fourth-order valence-electron chi connectivity index (χ4n) is 1.15. The van der Waals surface area contributed by atoms with Crippen LogP contribution < -0.4 is 0 Å². The molecule has 2 atom stereocenters. The number of hydrogen-bond acceptors (Lipinski definition) is 7. The zero-order valence-electron chi connectivity index (χ0n) is 8.48. The topological polar surface area (TPSA) is 73.4 Å². The lowest BCUT2D eigenvalue weighted by Gasteiger charge is -2.08. The molecule has 2 heterocycles. The summed E-state index contributed by atoms with van der Waals surface area (Å²) >= 11 is 4.13. The maximum atomic E-state index is 9.11. The van der Waals surface area contributed by atoms with Crippen LogP contribution in [-0.4, -0.2) is 9.97 Å². The van der Waals surface area contributed by atoms with E-state index in [9.17, 15) is 0 Å². The van der Waals surface area contributed by atoms with Crippen LogP contribution in [0.5, 0.6) is 0 Å². The van der Waals surface area contributed by atoms with Gasteiger partial charge in [0.05, 0.1) is 12.1 Å². The SMILES string of the molecule is N#CC(SC(C#N)c1nccs1)c1nccs1. The van der Waals surface area contributed by atoms with Gasteiger partial charge in [0.15, 0.2) is 0 Å². The molecule has 84 valence electrons. The van der Waals surface area contributed by atoms with Crippen LogP contribution in [0.3, 0.4) is 0 Å². The predicted molar refractivity (Wildman–Crippen MR) is 68.5 cm³/mol. The van der Waals surface area contributed by atoms with Gasteiger partial charge in [0, 0.05) is 23.2 Å². The molecule has 0 bridgehead atoms. The summed E-state index contributed by atoms with van der Waals surface area (Å²) in [5, 5.41) is 22.5. The molecular weight excluding hydrogens is 272 g/mol. The van der Waals surface area contributed by atoms with Crippen molar-refractivity contribution in [1.82, 2.24) is 9.97 Å². The Labute approximate surface area is 111 Å². The molecule has 7 heteroatoms. The zero-order valence-corrected chi connectivity index (χ0v) is 10.9. The molecule has 2 aromatic rings. The quantitative estimate of drug-likeness (QED) is 0.858. The lowest BCUT2D eigenvalue weighted by molar-refractivity contribution is 1.12. The van der Waals surface area contributed by atoms with Crippen molar-refractivity contribution in [3.63, 3.8) is 0 Å². The third-order valence-corrected chi connectivity index (χ3v) is 5.04. The summed E-state index contributed by atoms with van der Waals surface area (Å²) in [5.41, 5.74) is 0. The molecule has 2 unspecified atom stereocenters. The molecule has 0 amide bonds. The fourth-order valence-corrected chi connectivity index (χ4v) is 3.69. The second-order valence-corrected chi connectivity index (χ2v) is 5.96. The summed E-state index contributed by atoms with van der Waals surface area (Å²) in [7, 11) is 0. The summed E-state index contributed by atoms with van der Waals surface area (Å²) in [4.78, 5) is 8.21. The third kappa shape index (κ3) is 2.83. The molecule has 0 saturated heterocycles. The first-order valence-corrected chi connectivity index (χ1v) is 7.29. The summed E-state index contributed by atoms with van der Waals surface area (Å²) in [5.74, 6) is 0. The van der Waals surface area contributed by atoms with E-state index >= 15 is 0 Å². The molecule has 0 N–H and O–H groups in total. The van der Waals surface area contributed by atoms with Gasteiger partial charge < -0.3 is 0 Å². The predicted octanol–water partition coefficient (Wildman–Crippen LogP) is 3.16. The average molecular weight is 278 g/mol. The van der Waals surface area contributed by atoms with Gasteiger partial charge in [0.25, 0.3) is 0 Å². The fraction of sp³-hybridized carbons (Fsp3) is 0.200. The molecule has 0 aliphatic carbocycles. The van der Waals surface area contributed by atoms with Crippen molar-refractivity contribution in [1.29, 1.82) is 10.5 Å². The van der Waals surface area contributed by atoms with Crippen molar-refractivity contribution in [2.75, 3.05) is 0 Å². The van der Waals surface area contributed by atoms with Crippen molar-refractivity contribution in [3.8, 4) is 12.1 Å². The minimum absolute atomic E-state index is 0.413. The van der Waals surface area contributed by atoms with Gasteiger partial charge >= 0.3 is 0 Å². The average Bonchev–Trinajstić information content (AvgIpc) is 3.03. The van der Waals surface area contributed by atoms with Crippen LogP contribution in [0.2, 0.25) is 0 Å². The van der Waals surface area contributed by atoms with Crippen molar-refractivity contribution in [3.05, 3.63) is 33.2 Å². The Morgan fingerprint density at radius 3 is 1.76 bits per heavy atom. The number of rotatable bonds is 4. The first-order valence-electron chi connectivity index (χ1n) is 4.58. The highest BCUT2D eigenvalue weighted by Gasteiger charge is 2.23. The number of nitriles is 2. The highest BCUT2D eigenvalue weighted by molar-refractivity contribution is 8.00. The normalized spacial score (nSPS) is 13.5. The minimum Gasteiger partial charge on any atom is -0.247 e. The molecule has 0 aromatic carbocycles. The largest absolute Gasteiger partial charge is 0.247 e. The van der Waals surface area contributed by atoms with Crippen molar-refractivity contribution in [2.45, 2.75) is 10.5 Å². The number of nitrogens with zero attached hydrogens (tertiary/aromatic N) is 4. The van der Waals surface area contributed by atoms with Gasteiger partial charge in [-0.05, 0) is 0 Å². The van der Waals surface area contributed by atoms with Crippen LogP contribution in [0.15, 0.2) is 23.2 Å². The van der Waals surface area contributed by atoms with Crippen LogP contribution >= 0.6 is 34.4 Å². The van der Waals surface area contributed by atoms with E-state index in [0.29, 0.717) is 0 Å². The van der Waals surface area contributed by atoms with Gasteiger partial charge in [-0.3, -0.25) is 0 Å². The molecule has 17 heavy (non-hydrogen) atoms. The Kier molecular flexibility index (Phi) is 4.10. The molecule has 0 saturated carbocycles. The Balaban J connectivity index is 2.14. The molecule has 2 aromatic heterocycles. The van der Waals surface area contributed by atoms with Crippen LogP contribution in [0, 0.1) is 22.7 Å². The van der Waals surface area contributed by atoms with Crippen molar-refractivity contribution < 1.29 is 0 Å². The summed E-state index contributed by atoms with van der Waals surface area (Å²) in [6.07, 6.45) is 3.32. The van der Waals surface area contributed by atoms with E-state index in [4.69, 9.17) is 10.5 Å². The highest BCUT2D eigenvalue weighted by Crippen LogP contribution is 2.40. The standard InChI is InChI=1S/C10H6N4S3/c11-5-7(9-13-1-3-15-9)17-8(6-12)10-14-2-4-16-10/h1-4,7-8H. The third-order valence-electron chi connectivity index (χ3n) is 1.86. The second-order valence-electron chi connectivity index (χ2n) is 2.90. The summed E-state index contributed by atoms with van der Waals surface area (Å²) in [6, 6.07) is 4.34. The van der Waals surface area contributed by atoms with Gasteiger partial charge in [0.1, 0.15) is 20.5 Å². The van der Waals surface area contributed by atoms with E-state index in [1.54, 1.807) is 12.4 Å². The molecule has 0 spiro atoms. The molecule has 0 fully saturated rings. The van der Waals surface area contributed by atoms with Crippen molar-refractivity contribution >= 4 is 34.4 Å². The molecule has 2 rings (SSSR count). The van der Waals surface area contributed by atoms with Gasteiger partial charge in [-0.2, -0.15) is 10.5 Å². The minimum atomic E-state index is -0.413. The molecular formula is C10H6N4S3. The monoisotopic (exact) mass is 278 g/mol. The van der Waals surface area contributed by atoms with E-state index < -0.39 is 10.5 Å². The Hall–Kier alpha value is -1.41. The van der Waals surface area contributed by atoms with E-state index in [2.05, 4.69) is 22.1 Å². The molecule has 4 nitrogen and oxygen atoms in total. The Morgan fingerprint density at radius 1 is 1.00 bits per heavy atom. The van der Waals surface area contributed by atoms with Gasteiger partial charge in [0.2, 0.25) is 0 Å². The second kappa shape index (κ2) is 5.78. The van der Waals surface area contributed by atoms with Gasteiger partial charge in [-0.15, -0.1) is 34.4 Å². The van der Waals surface area contributed by atoms with Crippen LogP contribution in [0.4, 0.5) is 0 Å². The van der Waals surface area contributed by atoms with E-state index in [1.807, 2.05) is 10.8 Å². The smallest absolute Gasteiger partial charge is 0.145 e. The van der Waals surface area contributed by atoms with Crippen LogP contribution in [0.25, 0.3) is 0 Å². The van der Waals surface area contributed by atoms with Gasteiger partial charge in [-0.1, -0.05) is 0 Å². The van der Waals surface area contributed by atoms with Gasteiger partial charge in [-0.25, -0.2) is 9.97 Å². The van der Waals surface area contributed by atoms with E-state index in [0.717, 1.165) is 10.0 Å². The zero-order chi connectivity index (χ0) is 12.1. The number of thioether (sulfide) groups is 1. The van der Waals surface area contributed by atoms with Crippen LogP contribution in [-0.2, 0) is 0 Å². The molecule has 0 aliphatic heterocycles. The number of aromatic nitrogens is 2. The number of hydrogen-bond donors (Lipinski definition) is 0. The number of thiazole rings is 2. The van der Waals surface area contributed by atoms with Crippen LogP contribution in [0.1, 0.15) is 20.5 Å². The maximum absolute atomic E-state index is 9.11. The molecule has 0 radical (unpaired) electrons. The van der Waals surface area contributed by atoms with Crippen molar-refractivity contribution in [2.24, 2.45) is 0 Å². The highest BCUT2D eigenvalue weighted by atomic mass is 32.2.